The van der Waals surface area contributed by atoms with E-state index < -0.39 is 0 Å². The molecule has 2 heteroatoms. The van der Waals surface area contributed by atoms with Gasteiger partial charge in [-0.05, 0) is 42.5 Å². The summed E-state index contributed by atoms with van der Waals surface area (Å²) >= 11 is 0. The Hall–Kier alpha value is -1.38. The Bertz CT molecular complexity index is 569. The number of benzene rings is 2. The topological polar surface area (TPSA) is 35.2 Å². The van der Waals surface area contributed by atoms with Gasteiger partial charge in [0.15, 0.2) is 0 Å². The van der Waals surface area contributed by atoms with Crippen LogP contribution < -0.4 is 5.73 Å². The Morgan fingerprint density at radius 1 is 1.00 bits per heavy atom. The van der Waals surface area contributed by atoms with Gasteiger partial charge in [0.25, 0.3) is 0 Å². The van der Waals surface area contributed by atoms with E-state index in [0.29, 0.717) is 6.61 Å². The highest BCUT2D eigenvalue weighted by atomic mass is 16.5. The third-order valence-electron chi connectivity index (χ3n) is 4.62. The minimum absolute atomic E-state index is 0.0123. The van der Waals surface area contributed by atoms with Gasteiger partial charge in [0.05, 0.1) is 5.60 Å². The molecule has 0 aliphatic carbocycles. The van der Waals surface area contributed by atoms with Crippen molar-refractivity contribution >= 4 is 10.8 Å². The summed E-state index contributed by atoms with van der Waals surface area (Å²) in [4.78, 5) is 0. The zero-order valence-corrected chi connectivity index (χ0v) is 13.4. The lowest BCUT2D eigenvalue weighted by Gasteiger charge is -2.37. The van der Waals surface area contributed by atoms with E-state index in [4.69, 9.17) is 10.5 Å². The van der Waals surface area contributed by atoms with E-state index in [1.54, 1.807) is 0 Å². The molecule has 2 rings (SSSR count). The molecule has 0 saturated carbocycles. The van der Waals surface area contributed by atoms with E-state index in [9.17, 15) is 0 Å². The molecule has 0 aliphatic rings. The van der Waals surface area contributed by atoms with Crippen molar-refractivity contribution in [3.05, 3.63) is 48.0 Å². The van der Waals surface area contributed by atoms with Crippen LogP contribution in [-0.4, -0.2) is 18.2 Å². The van der Waals surface area contributed by atoms with Gasteiger partial charge in [0.2, 0.25) is 0 Å². The molecule has 0 aliphatic heterocycles. The highest BCUT2D eigenvalue weighted by Crippen LogP contribution is 2.28. The first-order valence-corrected chi connectivity index (χ1v) is 8.03. The molecule has 2 aromatic rings. The molecule has 0 fully saturated rings. The Morgan fingerprint density at radius 2 is 1.67 bits per heavy atom. The summed E-state index contributed by atoms with van der Waals surface area (Å²) < 4.78 is 6.05. The fraction of sp³-hybridized carbons (Fsp3) is 0.474. The molecule has 1 atom stereocenters. The van der Waals surface area contributed by atoms with Crippen molar-refractivity contribution in [1.29, 1.82) is 0 Å². The van der Waals surface area contributed by atoms with Crippen LogP contribution in [-0.2, 0) is 11.2 Å². The number of fused-ring (bicyclic) bond motifs is 1. The molecule has 0 saturated heterocycles. The summed E-state index contributed by atoms with van der Waals surface area (Å²) in [6, 6.07) is 15.0. The lowest BCUT2D eigenvalue weighted by Crippen LogP contribution is -2.50. The van der Waals surface area contributed by atoms with Crippen LogP contribution in [0.15, 0.2) is 42.5 Å². The minimum atomic E-state index is -0.217. The number of hydrogen-bond acceptors (Lipinski definition) is 2. The van der Waals surface area contributed by atoms with Crippen LogP contribution >= 0.6 is 0 Å². The van der Waals surface area contributed by atoms with Gasteiger partial charge in [-0.2, -0.15) is 0 Å². The van der Waals surface area contributed by atoms with Gasteiger partial charge in [-0.25, -0.2) is 0 Å². The standard InChI is InChI=1S/C19H27NO/c1-4-19(5-2,21-6-3)18(20)14-16-12-9-11-15-10-7-8-13-17(15)16/h7-13,18H,4-6,14,20H2,1-3H3. The largest absolute Gasteiger partial charge is 0.374 e. The summed E-state index contributed by atoms with van der Waals surface area (Å²) in [6.45, 7) is 7.10. The predicted octanol–water partition coefficient (Wildman–Crippen LogP) is 4.30. The molecule has 2 N–H and O–H groups in total. The highest BCUT2D eigenvalue weighted by molar-refractivity contribution is 5.85. The Balaban J connectivity index is 2.30. The molecule has 0 amide bonds. The first-order valence-electron chi connectivity index (χ1n) is 8.03. The summed E-state index contributed by atoms with van der Waals surface area (Å²) in [6.07, 6.45) is 2.75. The van der Waals surface area contributed by atoms with E-state index in [-0.39, 0.29) is 11.6 Å². The van der Waals surface area contributed by atoms with Gasteiger partial charge in [0, 0.05) is 12.6 Å². The molecule has 0 aromatic heterocycles. The second-order valence-corrected chi connectivity index (χ2v) is 5.65. The van der Waals surface area contributed by atoms with Gasteiger partial charge in [-0.3, -0.25) is 0 Å². The maximum atomic E-state index is 6.56. The molecule has 114 valence electrons. The first-order chi connectivity index (χ1) is 10.2. The van der Waals surface area contributed by atoms with Crippen molar-refractivity contribution < 1.29 is 4.74 Å². The zero-order valence-electron chi connectivity index (χ0n) is 13.4. The van der Waals surface area contributed by atoms with Crippen LogP contribution in [0.3, 0.4) is 0 Å². The average Bonchev–Trinajstić information content (AvgIpc) is 2.53. The summed E-state index contributed by atoms with van der Waals surface area (Å²) in [5.41, 5.74) is 7.65. The van der Waals surface area contributed by atoms with Crippen molar-refractivity contribution in [3.63, 3.8) is 0 Å². The first kappa shape index (κ1) is 16.0. The van der Waals surface area contributed by atoms with Crippen molar-refractivity contribution in [2.75, 3.05) is 6.61 Å². The van der Waals surface area contributed by atoms with Crippen LogP contribution in [0.1, 0.15) is 39.2 Å². The van der Waals surface area contributed by atoms with Crippen LogP contribution in [0.2, 0.25) is 0 Å². The Morgan fingerprint density at radius 3 is 2.33 bits per heavy atom. The monoisotopic (exact) mass is 285 g/mol. The van der Waals surface area contributed by atoms with Crippen LogP contribution in [0.25, 0.3) is 10.8 Å². The van der Waals surface area contributed by atoms with Crippen LogP contribution in [0.5, 0.6) is 0 Å². The number of nitrogens with two attached hydrogens (primary N) is 1. The Labute approximate surface area is 128 Å². The summed E-state index contributed by atoms with van der Waals surface area (Å²) in [5.74, 6) is 0. The molecular weight excluding hydrogens is 258 g/mol. The van der Waals surface area contributed by atoms with Gasteiger partial charge in [-0.1, -0.05) is 56.3 Å². The molecular formula is C19H27NO. The second kappa shape index (κ2) is 7.06. The van der Waals surface area contributed by atoms with Gasteiger partial charge >= 0.3 is 0 Å². The van der Waals surface area contributed by atoms with E-state index in [1.807, 2.05) is 6.92 Å². The molecule has 1 unspecified atom stereocenters. The SMILES string of the molecule is CCOC(CC)(CC)C(N)Cc1cccc2ccccc12. The summed E-state index contributed by atoms with van der Waals surface area (Å²) in [7, 11) is 0. The molecule has 2 aromatic carbocycles. The van der Waals surface area contributed by atoms with Gasteiger partial charge in [0.1, 0.15) is 0 Å². The number of ether oxygens (including phenoxy) is 1. The normalized spacial score (nSPS) is 13.5. The Kier molecular flexibility index (Phi) is 5.38. The maximum Gasteiger partial charge on any atom is 0.0830 e. The molecule has 0 radical (unpaired) electrons. The van der Waals surface area contributed by atoms with E-state index in [0.717, 1.165) is 19.3 Å². The smallest absolute Gasteiger partial charge is 0.0830 e. The van der Waals surface area contributed by atoms with E-state index >= 15 is 0 Å². The lowest BCUT2D eigenvalue weighted by atomic mass is 9.84. The van der Waals surface area contributed by atoms with E-state index in [1.165, 1.54) is 16.3 Å². The van der Waals surface area contributed by atoms with E-state index in [2.05, 4.69) is 56.3 Å². The third-order valence-corrected chi connectivity index (χ3v) is 4.62. The van der Waals surface area contributed by atoms with Crippen LogP contribution in [0.4, 0.5) is 0 Å². The fourth-order valence-electron chi connectivity index (χ4n) is 3.27. The lowest BCUT2D eigenvalue weighted by molar-refractivity contribution is -0.0632. The molecule has 0 heterocycles. The molecule has 21 heavy (non-hydrogen) atoms. The van der Waals surface area contributed by atoms with Crippen molar-refractivity contribution in [1.82, 2.24) is 0 Å². The van der Waals surface area contributed by atoms with Crippen molar-refractivity contribution in [2.45, 2.75) is 51.7 Å². The van der Waals surface area contributed by atoms with Crippen LogP contribution in [0, 0.1) is 0 Å². The predicted molar refractivity (Wildman–Crippen MR) is 90.6 cm³/mol. The molecule has 2 nitrogen and oxygen atoms in total. The quantitative estimate of drug-likeness (QED) is 0.823. The maximum absolute atomic E-state index is 6.56. The molecule has 0 spiro atoms. The summed E-state index contributed by atoms with van der Waals surface area (Å²) in [5, 5.41) is 2.57. The van der Waals surface area contributed by atoms with Gasteiger partial charge in [-0.15, -0.1) is 0 Å². The average molecular weight is 285 g/mol. The second-order valence-electron chi connectivity index (χ2n) is 5.65. The molecule has 0 bridgehead atoms. The van der Waals surface area contributed by atoms with Crippen molar-refractivity contribution in [2.24, 2.45) is 5.73 Å². The number of rotatable bonds is 7. The zero-order chi connectivity index (χ0) is 15.3. The minimum Gasteiger partial charge on any atom is -0.374 e. The van der Waals surface area contributed by atoms with Gasteiger partial charge < -0.3 is 10.5 Å². The highest BCUT2D eigenvalue weighted by Gasteiger charge is 2.34. The fourth-order valence-corrected chi connectivity index (χ4v) is 3.27. The van der Waals surface area contributed by atoms with Crippen molar-refractivity contribution in [3.8, 4) is 0 Å². The number of hydrogen-bond donors (Lipinski definition) is 1. The third kappa shape index (κ3) is 3.28.